The SMILES string of the molecule is CN([C@]1(c2ccccc2)CCCCC1=O)S(=O)(=O)c1ccc2c(c1)NC(=O)CO2. The molecule has 4 rings (SSSR count). The average Bonchev–Trinajstić information content (AvgIpc) is 2.73. The van der Waals surface area contributed by atoms with Crippen LogP contribution in [0.15, 0.2) is 53.4 Å². The standard InChI is InChI=1S/C21H22N2O5S/c1-23(21(12-6-5-9-19(21)24)15-7-3-2-4-8-15)29(26,27)16-10-11-18-17(13-16)22-20(25)14-28-18/h2-4,7-8,10-11,13H,5-6,9,12,14H2,1H3,(H,22,25)/t21-/m0/s1. The van der Waals surface area contributed by atoms with E-state index in [-0.39, 0.29) is 23.2 Å². The highest BCUT2D eigenvalue weighted by atomic mass is 32.2. The molecule has 8 heteroatoms. The molecule has 7 nitrogen and oxygen atoms in total. The van der Waals surface area contributed by atoms with Crippen molar-refractivity contribution < 1.29 is 22.7 Å². The lowest BCUT2D eigenvalue weighted by atomic mass is 9.75. The summed E-state index contributed by atoms with van der Waals surface area (Å²) < 4.78 is 33.6. The maximum atomic E-state index is 13.5. The number of hydrogen-bond acceptors (Lipinski definition) is 5. The van der Waals surface area contributed by atoms with Crippen molar-refractivity contribution in [3.63, 3.8) is 0 Å². The molecule has 0 saturated heterocycles. The molecule has 2 aromatic carbocycles. The molecule has 1 aliphatic carbocycles. The van der Waals surface area contributed by atoms with Gasteiger partial charge in [0.05, 0.1) is 10.6 Å². The number of fused-ring (bicyclic) bond motifs is 1. The number of likely N-dealkylation sites (N-methyl/N-ethyl adjacent to an activating group) is 1. The number of hydrogen-bond donors (Lipinski definition) is 1. The maximum Gasteiger partial charge on any atom is 0.262 e. The third-order valence-electron chi connectivity index (χ3n) is 5.68. The summed E-state index contributed by atoms with van der Waals surface area (Å²) >= 11 is 0. The van der Waals surface area contributed by atoms with Gasteiger partial charge in [-0.1, -0.05) is 36.8 Å². The molecular formula is C21H22N2O5S. The smallest absolute Gasteiger partial charge is 0.262 e. The minimum Gasteiger partial charge on any atom is -0.482 e. The molecular weight excluding hydrogens is 392 g/mol. The first-order chi connectivity index (χ1) is 13.9. The van der Waals surface area contributed by atoms with Gasteiger partial charge in [-0.05, 0) is 36.6 Å². The fourth-order valence-electron chi connectivity index (χ4n) is 4.13. The predicted molar refractivity (Wildman–Crippen MR) is 107 cm³/mol. The second-order valence-electron chi connectivity index (χ2n) is 7.32. The first-order valence-electron chi connectivity index (χ1n) is 9.50. The van der Waals surface area contributed by atoms with Crippen LogP contribution >= 0.6 is 0 Å². The molecule has 152 valence electrons. The number of carbonyl (C=O) groups excluding carboxylic acids is 2. The zero-order valence-electron chi connectivity index (χ0n) is 16.1. The Labute approximate surface area is 169 Å². The number of benzene rings is 2. The molecule has 2 aliphatic rings. The lowest BCUT2D eigenvalue weighted by molar-refractivity contribution is -0.131. The van der Waals surface area contributed by atoms with Crippen molar-refractivity contribution in [2.45, 2.75) is 36.1 Å². The van der Waals surface area contributed by atoms with Gasteiger partial charge in [-0.2, -0.15) is 4.31 Å². The van der Waals surface area contributed by atoms with Crippen molar-refractivity contribution in [3.8, 4) is 5.75 Å². The van der Waals surface area contributed by atoms with Crippen LogP contribution in [0, 0.1) is 0 Å². The van der Waals surface area contributed by atoms with E-state index in [0.29, 0.717) is 29.8 Å². The quantitative estimate of drug-likeness (QED) is 0.830. The Morgan fingerprint density at radius 2 is 1.83 bits per heavy atom. The molecule has 0 aromatic heterocycles. The molecule has 2 aromatic rings. The Balaban J connectivity index is 1.80. The van der Waals surface area contributed by atoms with Crippen LogP contribution in [0.3, 0.4) is 0 Å². The Bertz CT molecular complexity index is 1070. The summed E-state index contributed by atoms with van der Waals surface area (Å²) in [6.07, 6.45) is 2.28. The van der Waals surface area contributed by atoms with E-state index in [9.17, 15) is 18.0 Å². The summed E-state index contributed by atoms with van der Waals surface area (Å²) in [6, 6.07) is 13.4. The summed E-state index contributed by atoms with van der Waals surface area (Å²) in [4.78, 5) is 24.7. The van der Waals surface area contributed by atoms with Crippen LogP contribution in [0.1, 0.15) is 31.2 Å². The highest BCUT2D eigenvalue weighted by Gasteiger charge is 2.49. The summed E-state index contributed by atoms with van der Waals surface area (Å²) in [5, 5.41) is 2.63. The number of sulfonamides is 1. The molecule has 0 bridgehead atoms. The molecule has 1 heterocycles. The van der Waals surface area contributed by atoms with Gasteiger partial charge in [-0.25, -0.2) is 8.42 Å². The van der Waals surface area contributed by atoms with E-state index >= 15 is 0 Å². The van der Waals surface area contributed by atoms with E-state index in [1.807, 2.05) is 18.2 Å². The first kappa shape index (κ1) is 19.6. The molecule has 1 saturated carbocycles. The third-order valence-corrected chi connectivity index (χ3v) is 7.57. The number of nitrogens with one attached hydrogen (secondary N) is 1. The lowest BCUT2D eigenvalue weighted by Gasteiger charge is -2.42. The van der Waals surface area contributed by atoms with E-state index in [0.717, 1.165) is 12.8 Å². The summed E-state index contributed by atoms with van der Waals surface area (Å²) in [7, 11) is -2.57. The van der Waals surface area contributed by atoms with Crippen LogP contribution in [0.5, 0.6) is 5.75 Å². The number of ketones is 1. The summed E-state index contributed by atoms with van der Waals surface area (Å²) in [6.45, 7) is -0.107. The molecule has 1 atom stereocenters. The number of amides is 1. The minimum atomic E-state index is -4.02. The van der Waals surface area contributed by atoms with Crippen LogP contribution in [0.2, 0.25) is 0 Å². The van der Waals surface area contributed by atoms with Gasteiger partial charge in [0, 0.05) is 13.5 Å². The van der Waals surface area contributed by atoms with Crippen molar-refractivity contribution in [1.82, 2.24) is 4.31 Å². The van der Waals surface area contributed by atoms with Gasteiger partial charge >= 0.3 is 0 Å². The van der Waals surface area contributed by atoms with E-state index < -0.39 is 15.6 Å². The minimum absolute atomic E-state index is 0.00164. The number of Topliss-reactive ketones (excluding diaryl/α,β-unsaturated/α-hetero) is 1. The van der Waals surface area contributed by atoms with E-state index in [1.54, 1.807) is 12.1 Å². The zero-order chi connectivity index (χ0) is 20.6. The van der Waals surface area contributed by atoms with Crippen LogP contribution in [0.4, 0.5) is 5.69 Å². The van der Waals surface area contributed by atoms with E-state index in [2.05, 4.69) is 5.32 Å². The lowest BCUT2D eigenvalue weighted by Crippen LogP contribution is -2.54. The third kappa shape index (κ3) is 3.22. The van der Waals surface area contributed by atoms with E-state index in [1.165, 1.54) is 29.6 Å². The zero-order valence-corrected chi connectivity index (χ0v) is 16.9. The van der Waals surface area contributed by atoms with Gasteiger partial charge in [0.2, 0.25) is 10.0 Å². The Morgan fingerprint density at radius 1 is 1.07 bits per heavy atom. The van der Waals surface area contributed by atoms with Gasteiger partial charge in [-0.15, -0.1) is 0 Å². The second-order valence-corrected chi connectivity index (χ2v) is 9.29. The Hall–Kier alpha value is -2.71. The number of anilines is 1. The molecule has 1 N–H and O–H groups in total. The molecule has 1 amide bonds. The fourth-order valence-corrected chi connectivity index (χ4v) is 5.66. The first-order valence-corrected chi connectivity index (χ1v) is 10.9. The molecule has 0 spiro atoms. The van der Waals surface area contributed by atoms with Gasteiger partial charge in [-0.3, -0.25) is 9.59 Å². The number of carbonyl (C=O) groups is 2. The van der Waals surface area contributed by atoms with E-state index in [4.69, 9.17) is 4.74 Å². The summed E-state index contributed by atoms with van der Waals surface area (Å²) in [5.41, 5.74) is -0.265. The topological polar surface area (TPSA) is 92.8 Å². The molecule has 1 aliphatic heterocycles. The van der Waals surface area contributed by atoms with Crippen molar-refractivity contribution in [1.29, 1.82) is 0 Å². The van der Waals surface area contributed by atoms with Crippen molar-refractivity contribution >= 4 is 27.4 Å². The average molecular weight is 414 g/mol. The van der Waals surface area contributed by atoms with Gasteiger partial charge in [0.1, 0.15) is 11.3 Å². The van der Waals surface area contributed by atoms with Crippen molar-refractivity contribution in [3.05, 3.63) is 54.1 Å². The number of rotatable bonds is 4. The second kappa shape index (κ2) is 7.27. The van der Waals surface area contributed by atoms with Gasteiger partial charge < -0.3 is 10.1 Å². The van der Waals surface area contributed by atoms with Crippen molar-refractivity contribution in [2.24, 2.45) is 0 Å². The normalized spacial score (nSPS) is 22.0. The van der Waals surface area contributed by atoms with Crippen LogP contribution in [0.25, 0.3) is 0 Å². The van der Waals surface area contributed by atoms with Gasteiger partial charge in [0.25, 0.3) is 5.91 Å². The summed E-state index contributed by atoms with van der Waals surface area (Å²) in [5.74, 6) is -0.0306. The maximum absolute atomic E-state index is 13.5. The predicted octanol–water partition coefficient (Wildman–Crippen LogP) is 2.68. The van der Waals surface area contributed by atoms with Crippen LogP contribution in [-0.2, 0) is 25.2 Å². The highest BCUT2D eigenvalue weighted by Crippen LogP contribution is 2.42. The molecule has 1 fully saturated rings. The Kier molecular flexibility index (Phi) is 4.92. The van der Waals surface area contributed by atoms with Gasteiger partial charge in [0.15, 0.2) is 12.4 Å². The van der Waals surface area contributed by atoms with Crippen LogP contribution < -0.4 is 10.1 Å². The Morgan fingerprint density at radius 3 is 2.55 bits per heavy atom. The molecule has 0 radical (unpaired) electrons. The largest absolute Gasteiger partial charge is 0.482 e. The number of nitrogens with zero attached hydrogens (tertiary/aromatic N) is 1. The number of ether oxygens (including phenoxy) is 1. The fraction of sp³-hybridized carbons (Fsp3) is 0.333. The van der Waals surface area contributed by atoms with Crippen molar-refractivity contribution in [2.75, 3.05) is 19.0 Å². The van der Waals surface area contributed by atoms with Crippen LogP contribution in [-0.4, -0.2) is 38.1 Å². The molecule has 29 heavy (non-hydrogen) atoms. The highest BCUT2D eigenvalue weighted by molar-refractivity contribution is 7.89. The monoisotopic (exact) mass is 414 g/mol. The molecule has 0 unspecified atom stereocenters.